The Labute approximate surface area is 186 Å². The summed E-state index contributed by atoms with van der Waals surface area (Å²) in [6.07, 6.45) is 4.18. The molecule has 1 saturated carbocycles. The van der Waals surface area contributed by atoms with Gasteiger partial charge >= 0.3 is 0 Å². The maximum absolute atomic E-state index is 13.7. The fourth-order valence-electron chi connectivity index (χ4n) is 4.23. The number of carbonyl (C=O) groups excluding carboxylic acids is 2. The average Bonchev–Trinajstić information content (AvgIpc) is 3.47. The second kappa shape index (κ2) is 9.39. The van der Waals surface area contributed by atoms with Crippen LogP contribution in [0.2, 0.25) is 0 Å². The Morgan fingerprint density at radius 1 is 1.10 bits per heavy atom. The summed E-state index contributed by atoms with van der Waals surface area (Å²) >= 11 is 1.12. The molecule has 0 spiro atoms. The number of nitrogens with zero attached hydrogens (tertiary/aromatic N) is 3. The molecule has 7 heteroatoms. The number of aryl methyl sites for hydroxylation is 2. The van der Waals surface area contributed by atoms with Gasteiger partial charge in [-0.25, -0.2) is 0 Å². The molecule has 0 aliphatic heterocycles. The maximum Gasteiger partial charge on any atom is 0.280 e. The Morgan fingerprint density at radius 3 is 2.48 bits per heavy atom. The van der Waals surface area contributed by atoms with Crippen LogP contribution >= 0.6 is 11.5 Å². The first-order chi connectivity index (χ1) is 15.0. The van der Waals surface area contributed by atoms with Gasteiger partial charge in [-0.1, -0.05) is 65.4 Å². The Bertz CT molecular complexity index is 1050. The van der Waals surface area contributed by atoms with Crippen LogP contribution in [0, 0.1) is 13.8 Å². The molecule has 2 amide bonds. The minimum absolute atomic E-state index is 0.149. The third kappa shape index (κ3) is 4.66. The highest BCUT2D eigenvalue weighted by molar-refractivity contribution is 7.03. The van der Waals surface area contributed by atoms with Crippen molar-refractivity contribution >= 4 is 29.0 Å². The maximum atomic E-state index is 13.7. The zero-order valence-electron chi connectivity index (χ0n) is 17.7. The van der Waals surface area contributed by atoms with Crippen LogP contribution in [0.4, 0.5) is 5.69 Å². The van der Waals surface area contributed by atoms with Crippen molar-refractivity contribution in [3.8, 4) is 0 Å². The average molecular weight is 435 g/mol. The lowest BCUT2D eigenvalue weighted by atomic mass is 10.00. The molecule has 160 valence electrons. The predicted molar refractivity (Wildman–Crippen MR) is 122 cm³/mol. The van der Waals surface area contributed by atoms with Crippen molar-refractivity contribution in [1.29, 1.82) is 0 Å². The van der Waals surface area contributed by atoms with Crippen molar-refractivity contribution in [2.75, 3.05) is 4.90 Å². The minimum Gasteiger partial charge on any atom is -0.351 e. The van der Waals surface area contributed by atoms with E-state index in [0.29, 0.717) is 5.69 Å². The van der Waals surface area contributed by atoms with Gasteiger partial charge in [0.1, 0.15) is 6.04 Å². The van der Waals surface area contributed by atoms with E-state index < -0.39 is 6.04 Å². The molecule has 1 atom stereocenters. The number of anilines is 1. The fraction of sp³-hybridized carbons (Fsp3) is 0.333. The second-order valence-electron chi connectivity index (χ2n) is 8.06. The number of hydrogen-bond donors (Lipinski definition) is 1. The van der Waals surface area contributed by atoms with Gasteiger partial charge in [0.05, 0.1) is 0 Å². The lowest BCUT2D eigenvalue weighted by molar-refractivity contribution is -0.123. The van der Waals surface area contributed by atoms with E-state index in [2.05, 4.69) is 14.9 Å². The molecule has 31 heavy (non-hydrogen) atoms. The van der Waals surface area contributed by atoms with E-state index in [-0.39, 0.29) is 23.6 Å². The molecule has 1 aromatic heterocycles. The van der Waals surface area contributed by atoms with E-state index >= 15 is 0 Å². The normalized spacial score (nSPS) is 14.9. The summed E-state index contributed by atoms with van der Waals surface area (Å²) < 4.78 is 3.86. The number of nitrogens with one attached hydrogen (secondary N) is 1. The summed E-state index contributed by atoms with van der Waals surface area (Å²) in [4.78, 5) is 28.9. The predicted octanol–water partition coefficient (Wildman–Crippen LogP) is 4.60. The molecule has 1 N–H and O–H groups in total. The van der Waals surface area contributed by atoms with Gasteiger partial charge in [0.25, 0.3) is 5.91 Å². The third-order valence-corrected chi connectivity index (χ3v) is 6.24. The first kappa shape index (κ1) is 21.2. The van der Waals surface area contributed by atoms with Crippen molar-refractivity contribution in [2.45, 2.75) is 51.6 Å². The molecule has 0 bridgehead atoms. The Hall–Kier alpha value is -3.06. The number of carbonyl (C=O) groups is 2. The molecule has 3 aromatic rings. The van der Waals surface area contributed by atoms with Gasteiger partial charge in [-0.3, -0.25) is 14.5 Å². The summed E-state index contributed by atoms with van der Waals surface area (Å²) in [7, 11) is 0. The van der Waals surface area contributed by atoms with E-state index in [1.807, 2.05) is 62.4 Å². The molecular formula is C24H26N4O2S. The molecular weight excluding hydrogens is 408 g/mol. The van der Waals surface area contributed by atoms with Gasteiger partial charge in [0.2, 0.25) is 5.91 Å². The molecule has 0 saturated heterocycles. The van der Waals surface area contributed by atoms with Gasteiger partial charge in [-0.2, -0.15) is 0 Å². The van der Waals surface area contributed by atoms with Crippen LogP contribution in [-0.2, 0) is 4.79 Å². The summed E-state index contributed by atoms with van der Waals surface area (Å²) in [6, 6.07) is 14.7. The highest BCUT2D eigenvalue weighted by Gasteiger charge is 2.36. The highest BCUT2D eigenvalue weighted by atomic mass is 32.1. The summed E-state index contributed by atoms with van der Waals surface area (Å²) in [5.74, 6) is -0.509. The Kier molecular flexibility index (Phi) is 6.42. The van der Waals surface area contributed by atoms with Crippen LogP contribution < -0.4 is 10.2 Å². The first-order valence-corrected chi connectivity index (χ1v) is 11.4. The van der Waals surface area contributed by atoms with Crippen molar-refractivity contribution in [1.82, 2.24) is 14.9 Å². The SMILES string of the molecule is Cc1ccc(N(C(=O)c2csnn2)[C@@H](C(=O)NC2CCCC2)c2ccccc2)c(C)c1. The molecule has 0 radical (unpaired) electrons. The zero-order valence-corrected chi connectivity index (χ0v) is 18.6. The zero-order chi connectivity index (χ0) is 21.8. The molecule has 1 aliphatic carbocycles. The topological polar surface area (TPSA) is 75.2 Å². The monoisotopic (exact) mass is 434 g/mol. The van der Waals surface area contributed by atoms with E-state index in [1.54, 1.807) is 10.3 Å². The number of rotatable bonds is 6. The van der Waals surface area contributed by atoms with Crippen LogP contribution in [-0.4, -0.2) is 27.4 Å². The number of hydrogen-bond acceptors (Lipinski definition) is 5. The quantitative estimate of drug-likeness (QED) is 0.615. The number of amides is 2. The van der Waals surface area contributed by atoms with Crippen LogP contribution in [0.5, 0.6) is 0 Å². The van der Waals surface area contributed by atoms with E-state index in [4.69, 9.17) is 0 Å². The van der Waals surface area contributed by atoms with Gasteiger partial charge in [0, 0.05) is 17.1 Å². The molecule has 1 aliphatic rings. The van der Waals surface area contributed by atoms with Crippen LogP contribution in [0.25, 0.3) is 0 Å². The third-order valence-electron chi connectivity index (χ3n) is 5.73. The standard InChI is InChI=1S/C24H26N4O2S/c1-16-12-13-21(17(2)14-16)28(24(30)20-15-31-27-26-20)22(18-8-4-3-5-9-18)23(29)25-19-10-6-7-11-19/h3-5,8-9,12-15,19,22H,6-7,10-11H2,1-2H3,(H,25,29)/t22-/m1/s1. The Balaban J connectivity index is 1.82. The molecule has 0 unspecified atom stereocenters. The first-order valence-electron chi connectivity index (χ1n) is 10.6. The number of aromatic nitrogens is 2. The van der Waals surface area contributed by atoms with Crippen molar-refractivity contribution in [3.63, 3.8) is 0 Å². The Morgan fingerprint density at radius 2 is 1.84 bits per heavy atom. The molecule has 1 fully saturated rings. The van der Waals surface area contributed by atoms with Crippen molar-refractivity contribution in [2.24, 2.45) is 0 Å². The molecule has 1 heterocycles. The molecule has 4 rings (SSSR count). The largest absolute Gasteiger partial charge is 0.351 e. The fourth-order valence-corrected chi connectivity index (χ4v) is 4.66. The van der Waals surface area contributed by atoms with E-state index in [0.717, 1.165) is 53.9 Å². The molecule has 2 aromatic carbocycles. The van der Waals surface area contributed by atoms with Crippen molar-refractivity contribution in [3.05, 3.63) is 76.3 Å². The summed E-state index contributed by atoms with van der Waals surface area (Å²) in [5.41, 5.74) is 3.70. The van der Waals surface area contributed by atoms with Gasteiger partial charge in [-0.05, 0) is 55.4 Å². The van der Waals surface area contributed by atoms with Gasteiger partial charge in [-0.15, -0.1) is 5.10 Å². The van der Waals surface area contributed by atoms with Gasteiger partial charge < -0.3 is 5.32 Å². The van der Waals surface area contributed by atoms with Crippen LogP contribution in [0.15, 0.2) is 53.9 Å². The van der Waals surface area contributed by atoms with E-state index in [1.165, 1.54) is 0 Å². The van der Waals surface area contributed by atoms with Crippen LogP contribution in [0.3, 0.4) is 0 Å². The lowest BCUT2D eigenvalue weighted by Gasteiger charge is -2.33. The summed E-state index contributed by atoms with van der Waals surface area (Å²) in [6.45, 7) is 3.97. The van der Waals surface area contributed by atoms with E-state index in [9.17, 15) is 9.59 Å². The second-order valence-corrected chi connectivity index (χ2v) is 8.67. The lowest BCUT2D eigenvalue weighted by Crippen LogP contribution is -2.46. The highest BCUT2D eigenvalue weighted by Crippen LogP contribution is 2.33. The van der Waals surface area contributed by atoms with Crippen LogP contribution in [0.1, 0.15) is 58.9 Å². The smallest absolute Gasteiger partial charge is 0.280 e. The minimum atomic E-state index is -0.808. The number of benzene rings is 2. The summed E-state index contributed by atoms with van der Waals surface area (Å²) in [5, 5.41) is 8.81. The van der Waals surface area contributed by atoms with Gasteiger partial charge in [0.15, 0.2) is 5.69 Å². The van der Waals surface area contributed by atoms with Crippen molar-refractivity contribution < 1.29 is 9.59 Å². The molecule has 6 nitrogen and oxygen atoms in total.